The molecule has 0 heterocycles. The lowest BCUT2D eigenvalue weighted by molar-refractivity contribution is -0.186. The van der Waals surface area contributed by atoms with Gasteiger partial charge in [0.15, 0.2) is 6.61 Å². The van der Waals surface area contributed by atoms with E-state index < -0.39 is 18.8 Å². The molecule has 140 valence electrons. The van der Waals surface area contributed by atoms with Crippen molar-refractivity contribution in [2.24, 2.45) is 0 Å². The van der Waals surface area contributed by atoms with E-state index >= 15 is 0 Å². The standard InChI is InChI=1S/C16H29F3O2.C2H6/c1-2-3-4-5-6-7-8-9-10-11-12-13-15(20)21-14-16(17,18)19;1-2/h2-14H2,1H3;1-2H3. The molecule has 0 aliphatic carbocycles. The Labute approximate surface area is 140 Å². The molecule has 0 rings (SSSR count). The molecule has 0 radical (unpaired) electrons. The third-order valence-electron chi connectivity index (χ3n) is 3.38. The summed E-state index contributed by atoms with van der Waals surface area (Å²) in [5, 5.41) is 0. The first-order valence-corrected chi connectivity index (χ1v) is 9.18. The van der Waals surface area contributed by atoms with Crippen LogP contribution in [0.25, 0.3) is 0 Å². The second kappa shape index (κ2) is 17.6. The zero-order valence-electron chi connectivity index (χ0n) is 15.1. The molecule has 5 heteroatoms. The van der Waals surface area contributed by atoms with Crippen LogP contribution < -0.4 is 0 Å². The third kappa shape index (κ3) is 23.7. The van der Waals surface area contributed by atoms with Gasteiger partial charge in [0.25, 0.3) is 0 Å². The summed E-state index contributed by atoms with van der Waals surface area (Å²) in [7, 11) is 0. The van der Waals surface area contributed by atoms with Gasteiger partial charge in [-0.05, 0) is 6.42 Å². The van der Waals surface area contributed by atoms with Crippen LogP contribution in [0.15, 0.2) is 0 Å². The summed E-state index contributed by atoms with van der Waals surface area (Å²) >= 11 is 0. The van der Waals surface area contributed by atoms with Gasteiger partial charge in [-0.25, -0.2) is 0 Å². The maximum Gasteiger partial charge on any atom is 0.422 e. The lowest BCUT2D eigenvalue weighted by atomic mass is 10.1. The molecule has 0 spiro atoms. The van der Waals surface area contributed by atoms with Crippen LogP contribution in [0.2, 0.25) is 0 Å². The lowest BCUT2D eigenvalue weighted by Gasteiger charge is -2.07. The second-order valence-corrected chi connectivity index (χ2v) is 5.56. The Kier molecular flexibility index (Phi) is 18.8. The quantitative estimate of drug-likeness (QED) is 0.271. The predicted octanol–water partition coefficient (Wildman–Crippen LogP) is 6.82. The van der Waals surface area contributed by atoms with Gasteiger partial charge >= 0.3 is 12.1 Å². The van der Waals surface area contributed by atoms with Gasteiger partial charge in [-0.2, -0.15) is 13.2 Å². The molecule has 0 N–H and O–H groups in total. The Balaban J connectivity index is 0. The van der Waals surface area contributed by atoms with E-state index in [9.17, 15) is 18.0 Å². The van der Waals surface area contributed by atoms with Crippen molar-refractivity contribution in [1.82, 2.24) is 0 Å². The zero-order valence-corrected chi connectivity index (χ0v) is 15.1. The summed E-state index contributed by atoms with van der Waals surface area (Å²) in [6.07, 6.45) is 8.37. The molecular formula is C18H35F3O2. The highest BCUT2D eigenvalue weighted by atomic mass is 19.4. The fourth-order valence-electron chi connectivity index (χ4n) is 2.17. The van der Waals surface area contributed by atoms with Crippen LogP contribution in [0.5, 0.6) is 0 Å². The summed E-state index contributed by atoms with van der Waals surface area (Å²) in [6, 6.07) is 0. The van der Waals surface area contributed by atoms with Crippen molar-refractivity contribution in [3.8, 4) is 0 Å². The Bertz CT molecular complexity index is 253. The number of esters is 1. The summed E-state index contributed by atoms with van der Waals surface area (Å²) in [5.41, 5.74) is 0. The van der Waals surface area contributed by atoms with Gasteiger partial charge in [-0.1, -0.05) is 85.0 Å². The van der Waals surface area contributed by atoms with Crippen molar-refractivity contribution in [3.63, 3.8) is 0 Å². The fourth-order valence-corrected chi connectivity index (χ4v) is 2.17. The molecule has 0 atom stereocenters. The molecule has 0 amide bonds. The normalized spacial score (nSPS) is 10.9. The average molecular weight is 340 g/mol. The smallest absolute Gasteiger partial charge is 0.422 e. The Morgan fingerprint density at radius 3 is 1.57 bits per heavy atom. The number of hydrogen-bond acceptors (Lipinski definition) is 2. The molecule has 0 aromatic rings. The van der Waals surface area contributed by atoms with Crippen molar-refractivity contribution >= 4 is 5.97 Å². The van der Waals surface area contributed by atoms with E-state index in [1.54, 1.807) is 0 Å². The minimum atomic E-state index is -4.42. The molecule has 0 saturated carbocycles. The first-order valence-electron chi connectivity index (χ1n) is 9.18. The van der Waals surface area contributed by atoms with Crippen molar-refractivity contribution in [3.05, 3.63) is 0 Å². The van der Waals surface area contributed by atoms with E-state index in [1.807, 2.05) is 13.8 Å². The Hall–Kier alpha value is -0.740. The van der Waals surface area contributed by atoms with Gasteiger partial charge in [-0.3, -0.25) is 4.79 Å². The van der Waals surface area contributed by atoms with Crippen molar-refractivity contribution < 1.29 is 22.7 Å². The maximum atomic E-state index is 11.8. The minimum absolute atomic E-state index is 0.0904. The fraction of sp³-hybridized carbons (Fsp3) is 0.944. The molecule has 2 nitrogen and oxygen atoms in total. The Morgan fingerprint density at radius 1 is 0.783 bits per heavy atom. The van der Waals surface area contributed by atoms with Gasteiger partial charge < -0.3 is 4.74 Å². The van der Waals surface area contributed by atoms with Gasteiger partial charge in [-0.15, -0.1) is 0 Å². The molecule has 0 aliphatic rings. The lowest BCUT2D eigenvalue weighted by Crippen LogP contribution is -2.20. The van der Waals surface area contributed by atoms with Crippen LogP contribution in [0.4, 0.5) is 13.2 Å². The van der Waals surface area contributed by atoms with Crippen LogP contribution >= 0.6 is 0 Å². The van der Waals surface area contributed by atoms with Gasteiger partial charge in [0.1, 0.15) is 0 Å². The van der Waals surface area contributed by atoms with E-state index in [1.165, 1.54) is 44.9 Å². The van der Waals surface area contributed by atoms with Crippen LogP contribution in [0.1, 0.15) is 97.8 Å². The molecule has 0 aliphatic heterocycles. The topological polar surface area (TPSA) is 26.3 Å². The molecule has 0 bridgehead atoms. The number of ether oxygens (including phenoxy) is 1. The van der Waals surface area contributed by atoms with Gasteiger partial charge in [0.2, 0.25) is 0 Å². The molecule has 0 fully saturated rings. The summed E-state index contributed by atoms with van der Waals surface area (Å²) in [5.74, 6) is -0.747. The van der Waals surface area contributed by atoms with Crippen molar-refractivity contribution in [1.29, 1.82) is 0 Å². The first-order chi connectivity index (χ1) is 11.0. The van der Waals surface area contributed by atoms with E-state index in [0.717, 1.165) is 19.3 Å². The molecular weight excluding hydrogens is 305 g/mol. The van der Waals surface area contributed by atoms with Crippen LogP contribution in [0, 0.1) is 0 Å². The molecule has 0 aromatic carbocycles. The number of carbonyl (C=O) groups excluding carboxylic acids is 1. The number of hydrogen-bond donors (Lipinski definition) is 0. The highest BCUT2D eigenvalue weighted by Gasteiger charge is 2.29. The highest BCUT2D eigenvalue weighted by molar-refractivity contribution is 5.69. The predicted molar refractivity (Wildman–Crippen MR) is 89.4 cm³/mol. The van der Waals surface area contributed by atoms with Crippen LogP contribution in [0.3, 0.4) is 0 Å². The van der Waals surface area contributed by atoms with Crippen LogP contribution in [-0.2, 0) is 9.53 Å². The van der Waals surface area contributed by atoms with Gasteiger partial charge in [0.05, 0.1) is 0 Å². The number of unbranched alkanes of at least 4 members (excludes halogenated alkanes) is 10. The van der Waals surface area contributed by atoms with E-state index in [2.05, 4.69) is 11.7 Å². The number of rotatable bonds is 13. The zero-order chi connectivity index (χ0) is 18.0. The Morgan fingerprint density at radius 2 is 1.17 bits per heavy atom. The van der Waals surface area contributed by atoms with Gasteiger partial charge in [0, 0.05) is 6.42 Å². The van der Waals surface area contributed by atoms with E-state index in [0.29, 0.717) is 6.42 Å². The second-order valence-electron chi connectivity index (χ2n) is 5.56. The number of carbonyl (C=O) groups is 1. The van der Waals surface area contributed by atoms with E-state index in [-0.39, 0.29) is 6.42 Å². The van der Waals surface area contributed by atoms with Crippen LogP contribution in [-0.4, -0.2) is 18.8 Å². The number of halogens is 3. The molecule has 0 aromatic heterocycles. The average Bonchev–Trinajstić information content (AvgIpc) is 2.52. The molecule has 0 unspecified atom stereocenters. The van der Waals surface area contributed by atoms with Crippen molar-refractivity contribution in [2.45, 2.75) is 104 Å². The molecule has 23 heavy (non-hydrogen) atoms. The summed E-state index contributed by atoms with van der Waals surface area (Å²) < 4.78 is 39.5. The third-order valence-corrected chi connectivity index (χ3v) is 3.38. The summed E-state index contributed by atoms with van der Waals surface area (Å²) in [4.78, 5) is 11.0. The minimum Gasteiger partial charge on any atom is -0.456 e. The van der Waals surface area contributed by atoms with E-state index in [4.69, 9.17) is 0 Å². The maximum absolute atomic E-state index is 11.8. The highest BCUT2D eigenvalue weighted by Crippen LogP contribution is 2.15. The summed E-state index contributed by atoms with van der Waals surface area (Å²) in [6.45, 7) is 4.74. The first kappa shape index (κ1) is 24.5. The van der Waals surface area contributed by atoms with Crippen molar-refractivity contribution in [2.75, 3.05) is 6.61 Å². The monoisotopic (exact) mass is 340 g/mol. The largest absolute Gasteiger partial charge is 0.456 e. The molecule has 0 saturated heterocycles. The number of alkyl halides is 3. The SMILES string of the molecule is CC.CCCCCCCCCCCCCC(=O)OCC(F)(F)F.